The molecule has 1 unspecified atom stereocenters. The third kappa shape index (κ3) is 2.87. The van der Waals surface area contributed by atoms with Crippen molar-refractivity contribution in [2.75, 3.05) is 5.32 Å². The van der Waals surface area contributed by atoms with Crippen molar-refractivity contribution in [1.82, 2.24) is 9.97 Å². The molecule has 0 bridgehead atoms. The first-order valence-corrected chi connectivity index (χ1v) is 6.41. The van der Waals surface area contributed by atoms with Crippen LogP contribution in [-0.2, 0) is 0 Å². The molecule has 6 heteroatoms. The molecule has 0 saturated heterocycles. The minimum Gasteiger partial charge on any atom is -0.362 e. The summed E-state index contributed by atoms with van der Waals surface area (Å²) in [6.07, 6.45) is 1.35. The molecule has 18 heavy (non-hydrogen) atoms. The third-order valence-electron chi connectivity index (χ3n) is 2.52. The summed E-state index contributed by atoms with van der Waals surface area (Å²) < 4.78 is 13.3. The Bertz CT molecular complexity index is 597. The van der Waals surface area contributed by atoms with Crippen LogP contribution in [0, 0.1) is 9.39 Å². The lowest BCUT2D eigenvalue weighted by Crippen LogP contribution is -2.16. The number of aromatic amines is 1. The van der Waals surface area contributed by atoms with Crippen molar-refractivity contribution in [3.63, 3.8) is 0 Å². The summed E-state index contributed by atoms with van der Waals surface area (Å²) in [7, 11) is 0. The van der Waals surface area contributed by atoms with Crippen LogP contribution in [0.2, 0.25) is 0 Å². The van der Waals surface area contributed by atoms with E-state index < -0.39 is 0 Å². The minimum absolute atomic E-state index is 0.0617. The number of benzene rings is 1. The SMILES string of the molecule is CC(Nc1nc[nH]c(=O)c1I)c1ccc(F)cc1. The van der Waals surface area contributed by atoms with Gasteiger partial charge in [-0.1, -0.05) is 12.1 Å². The van der Waals surface area contributed by atoms with Crippen LogP contribution in [0.1, 0.15) is 18.5 Å². The van der Waals surface area contributed by atoms with E-state index in [0.29, 0.717) is 9.39 Å². The fourth-order valence-electron chi connectivity index (χ4n) is 1.52. The minimum atomic E-state index is -0.269. The maximum Gasteiger partial charge on any atom is 0.266 e. The van der Waals surface area contributed by atoms with Crippen LogP contribution in [0.25, 0.3) is 0 Å². The molecule has 1 atom stereocenters. The average molecular weight is 359 g/mol. The molecule has 1 heterocycles. The highest BCUT2D eigenvalue weighted by molar-refractivity contribution is 14.1. The Morgan fingerprint density at radius 2 is 2.06 bits per heavy atom. The van der Waals surface area contributed by atoms with Crippen molar-refractivity contribution >= 4 is 28.4 Å². The number of rotatable bonds is 3. The van der Waals surface area contributed by atoms with Gasteiger partial charge in [-0.05, 0) is 47.2 Å². The number of hydrogen-bond donors (Lipinski definition) is 2. The van der Waals surface area contributed by atoms with Crippen molar-refractivity contribution in [2.45, 2.75) is 13.0 Å². The normalized spacial score (nSPS) is 12.2. The summed E-state index contributed by atoms with van der Waals surface area (Å²) in [6.45, 7) is 1.92. The van der Waals surface area contributed by atoms with Crippen molar-refractivity contribution in [3.05, 3.63) is 55.9 Å². The van der Waals surface area contributed by atoms with Gasteiger partial charge in [0.25, 0.3) is 5.56 Å². The van der Waals surface area contributed by atoms with Crippen LogP contribution in [0.15, 0.2) is 35.4 Å². The Labute approximate surface area is 117 Å². The Morgan fingerprint density at radius 1 is 1.39 bits per heavy atom. The Kier molecular flexibility index (Phi) is 3.95. The number of nitrogens with zero attached hydrogens (tertiary/aromatic N) is 1. The number of anilines is 1. The van der Waals surface area contributed by atoms with Crippen molar-refractivity contribution in [2.24, 2.45) is 0 Å². The summed E-state index contributed by atoms with van der Waals surface area (Å²) in [5.41, 5.74) is 0.744. The van der Waals surface area contributed by atoms with E-state index in [4.69, 9.17) is 0 Å². The lowest BCUT2D eigenvalue weighted by Gasteiger charge is -2.15. The first kappa shape index (κ1) is 13.0. The zero-order chi connectivity index (χ0) is 13.1. The molecule has 0 saturated carbocycles. The van der Waals surface area contributed by atoms with Crippen molar-refractivity contribution in [3.8, 4) is 0 Å². The van der Waals surface area contributed by atoms with Gasteiger partial charge in [-0.15, -0.1) is 0 Å². The Balaban J connectivity index is 2.21. The predicted octanol–water partition coefficient (Wildman–Crippen LogP) is 2.69. The fourth-order valence-corrected chi connectivity index (χ4v) is 1.97. The van der Waals surface area contributed by atoms with Crippen LogP contribution in [0.3, 0.4) is 0 Å². The van der Waals surface area contributed by atoms with Gasteiger partial charge >= 0.3 is 0 Å². The molecule has 0 aliphatic rings. The van der Waals surface area contributed by atoms with Gasteiger partial charge in [0.1, 0.15) is 15.2 Å². The summed E-state index contributed by atoms with van der Waals surface area (Å²) in [5.74, 6) is 0.256. The van der Waals surface area contributed by atoms with Gasteiger partial charge in [-0.2, -0.15) is 0 Å². The third-order valence-corrected chi connectivity index (χ3v) is 3.52. The second-order valence-electron chi connectivity index (χ2n) is 3.81. The molecule has 2 rings (SSSR count). The van der Waals surface area contributed by atoms with Gasteiger partial charge in [-0.3, -0.25) is 4.79 Å². The smallest absolute Gasteiger partial charge is 0.266 e. The van der Waals surface area contributed by atoms with E-state index in [-0.39, 0.29) is 17.4 Å². The number of aromatic nitrogens is 2. The van der Waals surface area contributed by atoms with Crippen molar-refractivity contribution < 1.29 is 4.39 Å². The van der Waals surface area contributed by atoms with E-state index in [9.17, 15) is 9.18 Å². The van der Waals surface area contributed by atoms with Gasteiger partial charge in [-0.25, -0.2) is 9.37 Å². The zero-order valence-electron chi connectivity index (χ0n) is 9.58. The van der Waals surface area contributed by atoms with E-state index >= 15 is 0 Å². The molecule has 2 N–H and O–H groups in total. The van der Waals surface area contributed by atoms with Crippen molar-refractivity contribution in [1.29, 1.82) is 0 Å². The molecule has 0 spiro atoms. The Morgan fingerprint density at radius 3 is 2.72 bits per heavy atom. The zero-order valence-corrected chi connectivity index (χ0v) is 11.7. The number of halogens is 2. The lowest BCUT2D eigenvalue weighted by atomic mass is 10.1. The van der Waals surface area contributed by atoms with Gasteiger partial charge < -0.3 is 10.3 Å². The first-order valence-electron chi connectivity index (χ1n) is 5.33. The molecule has 4 nitrogen and oxygen atoms in total. The van der Waals surface area contributed by atoms with E-state index in [1.807, 2.05) is 29.5 Å². The van der Waals surface area contributed by atoms with E-state index in [1.165, 1.54) is 18.5 Å². The standard InChI is InChI=1S/C12H11FIN3O/c1-7(8-2-4-9(13)5-3-8)17-11-10(14)12(18)16-6-15-11/h2-7H,1H3,(H2,15,16,17,18). The molecule has 0 radical (unpaired) electrons. The van der Waals surface area contributed by atoms with Gasteiger partial charge in [0.15, 0.2) is 0 Å². The molecule has 1 aromatic carbocycles. The van der Waals surface area contributed by atoms with Crippen LogP contribution < -0.4 is 10.9 Å². The van der Waals surface area contributed by atoms with Gasteiger partial charge in [0.05, 0.1) is 6.33 Å². The van der Waals surface area contributed by atoms with Crippen LogP contribution >= 0.6 is 22.6 Å². The quantitative estimate of drug-likeness (QED) is 0.829. The molecular weight excluding hydrogens is 348 g/mol. The first-order chi connectivity index (χ1) is 8.58. The topological polar surface area (TPSA) is 57.8 Å². The largest absolute Gasteiger partial charge is 0.362 e. The highest BCUT2D eigenvalue weighted by atomic mass is 127. The van der Waals surface area contributed by atoms with Crippen LogP contribution in [-0.4, -0.2) is 9.97 Å². The van der Waals surface area contributed by atoms with Gasteiger partial charge in [0, 0.05) is 6.04 Å². The molecule has 0 fully saturated rings. The van der Waals surface area contributed by atoms with Gasteiger partial charge in [0.2, 0.25) is 0 Å². The fraction of sp³-hybridized carbons (Fsp3) is 0.167. The second kappa shape index (κ2) is 5.47. The molecule has 0 aliphatic carbocycles. The second-order valence-corrected chi connectivity index (χ2v) is 4.89. The summed E-state index contributed by atoms with van der Waals surface area (Å²) in [6, 6.07) is 6.15. The predicted molar refractivity (Wildman–Crippen MR) is 76.0 cm³/mol. The van der Waals surface area contributed by atoms with E-state index in [0.717, 1.165) is 5.56 Å². The van der Waals surface area contributed by atoms with Crippen LogP contribution in [0.4, 0.5) is 10.2 Å². The number of H-pyrrole nitrogens is 1. The summed E-state index contributed by atoms with van der Waals surface area (Å²) in [5, 5.41) is 3.13. The van der Waals surface area contributed by atoms with E-state index in [2.05, 4.69) is 15.3 Å². The monoisotopic (exact) mass is 359 g/mol. The highest BCUT2D eigenvalue weighted by Crippen LogP contribution is 2.19. The average Bonchev–Trinajstić information content (AvgIpc) is 2.36. The number of nitrogens with one attached hydrogen (secondary N) is 2. The maximum absolute atomic E-state index is 12.8. The molecule has 1 aromatic heterocycles. The molecule has 0 aliphatic heterocycles. The van der Waals surface area contributed by atoms with E-state index in [1.54, 1.807) is 12.1 Å². The lowest BCUT2D eigenvalue weighted by molar-refractivity contribution is 0.626. The summed E-state index contributed by atoms with van der Waals surface area (Å²) in [4.78, 5) is 18.0. The maximum atomic E-state index is 12.8. The van der Waals surface area contributed by atoms with Crippen LogP contribution in [0.5, 0.6) is 0 Å². The Hall–Kier alpha value is -1.44. The molecule has 0 amide bonds. The number of hydrogen-bond acceptors (Lipinski definition) is 3. The molecular formula is C12H11FIN3O. The molecule has 94 valence electrons. The molecule has 2 aromatic rings. The highest BCUT2D eigenvalue weighted by Gasteiger charge is 2.10. The summed E-state index contributed by atoms with van der Waals surface area (Å²) >= 11 is 1.93.